The average molecular weight is 374 g/mol. The molecule has 0 unspecified atom stereocenters. The molecule has 0 saturated carbocycles. The summed E-state index contributed by atoms with van der Waals surface area (Å²) in [6.07, 6.45) is 1.38. The second-order valence-electron chi connectivity index (χ2n) is 5.14. The van der Waals surface area contributed by atoms with Crippen LogP contribution in [-0.2, 0) is 9.59 Å². The Morgan fingerprint density at radius 1 is 1.32 bits per heavy atom. The molecule has 0 spiro atoms. The van der Waals surface area contributed by atoms with Crippen LogP contribution in [0.5, 0.6) is 0 Å². The molecule has 9 heteroatoms. The molecular weight excluding hydrogens is 364 g/mol. The predicted molar refractivity (Wildman–Crippen MR) is 98.1 cm³/mol. The Morgan fingerprint density at radius 3 is 2.72 bits per heavy atom. The highest BCUT2D eigenvalue weighted by molar-refractivity contribution is 8.26. The monoisotopic (exact) mass is 374 g/mol. The Kier molecular flexibility index (Phi) is 4.51. The number of thioether (sulfide) groups is 1. The van der Waals surface area contributed by atoms with Gasteiger partial charge in [0.25, 0.3) is 11.6 Å². The summed E-state index contributed by atoms with van der Waals surface area (Å²) in [4.78, 5) is 35.3. The number of benzene rings is 2. The van der Waals surface area contributed by atoms with E-state index in [0.29, 0.717) is 10.8 Å². The van der Waals surface area contributed by atoms with Gasteiger partial charge >= 0.3 is 5.97 Å². The minimum atomic E-state index is -1.19. The molecule has 0 aliphatic carbocycles. The number of aliphatic carboxylic acids is 1. The number of carboxylic acid groups (broad SMARTS) is 1. The number of fused-ring (bicyclic) bond motifs is 1. The number of hydrogen-bond acceptors (Lipinski definition) is 6. The third kappa shape index (κ3) is 3.24. The van der Waals surface area contributed by atoms with E-state index in [2.05, 4.69) is 0 Å². The Morgan fingerprint density at radius 2 is 2.04 bits per heavy atom. The van der Waals surface area contributed by atoms with Gasteiger partial charge < -0.3 is 5.11 Å². The summed E-state index contributed by atoms with van der Waals surface area (Å²) in [6, 6.07) is 10.2. The van der Waals surface area contributed by atoms with Crippen molar-refractivity contribution in [1.29, 1.82) is 0 Å². The van der Waals surface area contributed by atoms with Crippen molar-refractivity contribution in [3.63, 3.8) is 0 Å². The molecule has 2 aromatic carbocycles. The number of hydrogen-bond donors (Lipinski definition) is 1. The molecule has 0 radical (unpaired) electrons. The zero-order valence-electron chi connectivity index (χ0n) is 12.5. The number of carbonyl (C=O) groups is 2. The van der Waals surface area contributed by atoms with E-state index in [4.69, 9.17) is 17.3 Å². The molecule has 2 aromatic rings. The summed E-state index contributed by atoms with van der Waals surface area (Å²) in [6.45, 7) is -0.540. The van der Waals surface area contributed by atoms with E-state index in [1.807, 2.05) is 0 Å². The van der Waals surface area contributed by atoms with Crippen LogP contribution in [0, 0.1) is 10.1 Å². The number of nitro groups is 1. The lowest BCUT2D eigenvalue weighted by molar-refractivity contribution is -0.383. The third-order valence-corrected chi connectivity index (χ3v) is 4.95. The highest BCUT2D eigenvalue weighted by Crippen LogP contribution is 2.36. The predicted octanol–water partition coefficient (Wildman–Crippen LogP) is 3.03. The number of rotatable bonds is 4. The first-order valence-corrected chi connectivity index (χ1v) is 8.24. The summed E-state index contributed by atoms with van der Waals surface area (Å²) in [7, 11) is 0. The van der Waals surface area contributed by atoms with Gasteiger partial charge in [-0.25, -0.2) is 0 Å². The van der Waals surface area contributed by atoms with Crippen LogP contribution in [0.2, 0.25) is 0 Å². The van der Waals surface area contributed by atoms with Gasteiger partial charge in [0.1, 0.15) is 10.9 Å². The molecular formula is C16H10N2O5S2. The van der Waals surface area contributed by atoms with Gasteiger partial charge in [0, 0.05) is 0 Å². The van der Waals surface area contributed by atoms with E-state index in [1.54, 1.807) is 36.4 Å². The largest absolute Gasteiger partial charge is 0.480 e. The Bertz CT molecular complexity index is 970. The maximum absolute atomic E-state index is 12.3. The molecule has 1 N–H and O–H groups in total. The quantitative estimate of drug-likeness (QED) is 0.380. The number of amides is 1. The molecule has 1 heterocycles. The molecule has 1 saturated heterocycles. The number of nitro benzene ring substituents is 1. The maximum atomic E-state index is 12.3. The van der Waals surface area contributed by atoms with E-state index in [9.17, 15) is 19.7 Å². The lowest BCUT2D eigenvalue weighted by atomic mass is 10.0. The number of carboxylic acids is 1. The smallest absolute Gasteiger partial charge is 0.323 e. The highest BCUT2D eigenvalue weighted by atomic mass is 32.2. The summed E-state index contributed by atoms with van der Waals surface area (Å²) < 4.78 is 0.113. The van der Waals surface area contributed by atoms with Crippen molar-refractivity contribution in [3.8, 4) is 0 Å². The first-order chi connectivity index (χ1) is 11.9. The minimum Gasteiger partial charge on any atom is -0.480 e. The van der Waals surface area contributed by atoms with Crippen molar-refractivity contribution >= 4 is 62.7 Å². The molecule has 1 fully saturated rings. The standard InChI is InChI=1S/C16H10N2O5S2/c19-13(20)8-17-15(21)12(25-16(17)24)7-10-6-5-9-3-1-2-4-11(9)14(10)18(22)23/h1-7H,8H2,(H,19,20)/b12-7-. The summed E-state index contributed by atoms with van der Waals surface area (Å²) in [5.74, 6) is -1.76. The molecule has 0 bridgehead atoms. The van der Waals surface area contributed by atoms with Gasteiger partial charge in [0.05, 0.1) is 20.8 Å². The molecule has 3 rings (SSSR count). The fourth-order valence-corrected chi connectivity index (χ4v) is 3.75. The lowest BCUT2D eigenvalue weighted by Gasteiger charge is -2.10. The van der Waals surface area contributed by atoms with Crippen LogP contribution in [-0.4, -0.2) is 37.7 Å². The molecule has 1 amide bonds. The average Bonchev–Trinajstić information content (AvgIpc) is 2.81. The van der Waals surface area contributed by atoms with Gasteiger partial charge in [-0.05, 0) is 23.6 Å². The van der Waals surface area contributed by atoms with Crippen molar-refractivity contribution < 1.29 is 19.6 Å². The van der Waals surface area contributed by atoms with E-state index < -0.39 is 23.3 Å². The maximum Gasteiger partial charge on any atom is 0.323 e. The lowest BCUT2D eigenvalue weighted by Crippen LogP contribution is -2.33. The molecule has 0 atom stereocenters. The van der Waals surface area contributed by atoms with E-state index >= 15 is 0 Å². The zero-order chi connectivity index (χ0) is 18.1. The van der Waals surface area contributed by atoms with Crippen molar-refractivity contribution in [2.24, 2.45) is 0 Å². The number of thiocarbonyl (C=S) groups is 1. The van der Waals surface area contributed by atoms with Crippen LogP contribution in [0.1, 0.15) is 5.56 Å². The molecule has 126 valence electrons. The van der Waals surface area contributed by atoms with Crippen LogP contribution in [0.25, 0.3) is 16.8 Å². The van der Waals surface area contributed by atoms with Gasteiger partial charge in [-0.1, -0.05) is 48.2 Å². The molecule has 1 aliphatic rings. The molecule has 7 nitrogen and oxygen atoms in total. The molecule has 25 heavy (non-hydrogen) atoms. The molecule has 0 aromatic heterocycles. The minimum absolute atomic E-state index is 0.110. The van der Waals surface area contributed by atoms with Crippen molar-refractivity contribution in [1.82, 2.24) is 4.90 Å². The van der Waals surface area contributed by atoms with Crippen LogP contribution in [0.15, 0.2) is 41.3 Å². The Hall–Kier alpha value is -2.78. The fourth-order valence-electron chi connectivity index (χ4n) is 2.51. The first-order valence-electron chi connectivity index (χ1n) is 7.02. The van der Waals surface area contributed by atoms with E-state index in [-0.39, 0.29) is 20.5 Å². The highest BCUT2D eigenvalue weighted by Gasteiger charge is 2.34. The molecule has 1 aliphatic heterocycles. The van der Waals surface area contributed by atoms with Crippen molar-refractivity contribution in [3.05, 3.63) is 57.0 Å². The van der Waals surface area contributed by atoms with E-state index in [0.717, 1.165) is 16.7 Å². The SMILES string of the molecule is O=C(O)CN1C(=O)/C(=C/c2ccc3ccccc3c2[N+](=O)[O-])SC1=S. The Labute approximate surface area is 151 Å². The summed E-state index contributed by atoms with van der Waals surface area (Å²) in [5.41, 5.74) is 0.154. The van der Waals surface area contributed by atoms with Gasteiger partial charge in [-0.15, -0.1) is 0 Å². The number of nitrogens with zero attached hydrogens (tertiary/aromatic N) is 2. The normalized spacial score (nSPS) is 16.0. The third-order valence-electron chi connectivity index (χ3n) is 3.57. The number of carbonyl (C=O) groups excluding carboxylic acids is 1. The van der Waals surface area contributed by atoms with Gasteiger partial charge in [0.2, 0.25) is 0 Å². The first kappa shape index (κ1) is 17.1. The fraction of sp³-hybridized carbons (Fsp3) is 0.0625. The van der Waals surface area contributed by atoms with Crippen molar-refractivity contribution in [2.75, 3.05) is 6.54 Å². The zero-order valence-corrected chi connectivity index (χ0v) is 14.2. The van der Waals surface area contributed by atoms with Gasteiger partial charge in [-0.2, -0.15) is 0 Å². The second kappa shape index (κ2) is 6.61. The van der Waals surface area contributed by atoms with Gasteiger partial charge in [0.15, 0.2) is 0 Å². The van der Waals surface area contributed by atoms with Gasteiger partial charge in [-0.3, -0.25) is 24.6 Å². The van der Waals surface area contributed by atoms with Crippen LogP contribution >= 0.6 is 24.0 Å². The Balaban J connectivity index is 2.09. The summed E-state index contributed by atoms with van der Waals surface area (Å²) in [5, 5.41) is 21.6. The van der Waals surface area contributed by atoms with Crippen LogP contribution in [0.3, 0.4) is 0 Å². The van der Waals surface area contributed by atoms with Crippen molar-refractivity contribution in [2.45, 2.75) is 0 Å². The van der Waals surface area contributed by atoms with Crippen LogP contribution < -0.4 is 0 Å². The topological polar surface area (TPSA) is 101 Å². The van der Waals surface area contributed by atoms with Crippen LogP contribution in [0.4, 0.5) is 5.69 Å². The second-order valence-corrected chi connectivity index (χ2v) is 6.82. The summed E-state index contributed by atoms with van der Waals surface area (Å²) >= 11 is 5.95. The van der Waals surface area contributed by atoms with E-state index in [1.165, 1.54) is 6.08 Å².